The lowest BCUT2D eigenvalue weighted by Gasteiger charge is -2.00. The molecule has 0 unspecified atom stereocenters. The number of hydrogen-bond acceptors (Lipinski definition) is 4. The first-order chi connectivity index (χ1) is 5.74. The van der Waals surface area contributed by atoms with E-state index < -0.39 is 0 Å². The number of aliphatic imine (C=N–C) groups is 1. The number of aryl methyl sites for hydroxylation is 1. The van der Waals surface area contributed by atoms with Gasteiger partial charge in [0.05, 0.1) is 6.54 Å². The first-order valence-electron chi connectivity index (χ1n) is 3.48. The summed E-state index contributed by atoms with van der Waals surface area (Å²) in [5.41, 5.74) is 6.89. The van der Waals surface area contributed by atoms with Gasteiger partial charge in [-0.25, -0.2) is 4.63 Å². The first kappa shape index (κ1) is 8.51. The fourth-order valence-electron chi connectivity index (χ4n) is 0.663. The zero-order chi connectivity index (χ0) is 8.97. The molecular formula is C6H11N5O. The Morgan fingerprint density at radius 2 is 2.42 bits per heavy atom. The molecule has 1 rings (SSSR count). The standard InChI is InChI=1S/C6H11N5O/c1-4-5(11-12-10-4)3-9-6(7)8-2/h3H2,1-2H3,(H3,7,8,9). The largest absolute Gasteiger partial charge is 0.370 e. The second kappa shape index (κ2) is 3.70. The van der Waals surface area contributed by atoms with Gasteiger partial charge in [-0.15, -0.1) is 0 Å². The van der Waals surface area contributed by atoms with Crippen LogP contribution in [0.2, 0.25) is 0 Å². The van der Waals surface area contributed by atoms with Gasteiger partial charge in [0.1, 0.15) is 11.4 Å². The minimum Gasteiger partial charge on any atom is -0.370 e. The van der Waals surface area contributed by atoms with E-state index in [-0.39, 0.29) is 0 Å². The molecule has 0 fully saturated rings. The summed E-state index contributed by atoms with van der Waals surface area (Å²) < 4.78 is 4.49. The quantitative estimate of drug-likeness (QED) is 0.456. The number of nitrogens with one attached hydrogen (secondary N) is 1. The summed E-state index contributed by atoms with van der Waals surface area (Å²) in [5, 5.41) is 10.1. The van der Waals surface area contributed by atoms with E-state index in [1.807, 2.05) is 6.92 Å². The summed E-state index contributed by atoms with van der Waals surface area (Å²) in [4.78, 5) is 3.72. The van der Waals surface area contributed by atoms with Crippen molar-refractivity contribution in [1.82, 2.24) is 15.6 Å². The number of nitrogens with zero attached hydrogens (tertiary/aromatic N) is 3. The molecule has 6 heteroatoms. The molecule has 0 spiro atoms. The molecule has 0 aliphatic rings. The predicted octanol–water partition coefficient (Wildman–Crippen LogP) is -0.588. The number of rotatable bonds is 2. The summed E-state index contributed by atoms with van der Waals surface area (Å²) in [6.45, 7) is 2.30. The van der Waals surface area contributed by atoms with Gasteiger partial charge in [-0.3, -0.25) is 4.99 Å². The van der Waals surface area contributed by atoms with Crippen LogP contribution >= 0.6 is 0 Å². The Kier molecular flexibility index (Phi) is 2.62. The lowest BCUT2D eigenvalue weighted by Crippen LogP contribution is -2.31. The van der Waals surface area contributed by atoms with Crippen molar-refractivity contribution in [2.24, 2.45) is 10.7 Å². The zero-order valence-corrected chi connectivity index (χ0v) is 7.03. The number of aromatic nitrogens is 2. The smallest absolute Gasteiger partial charge is 0.188 e. The van der Waals surface area contributed by atoms with Crippen molar-refractivity contribution >= 4 is 5.96 Å². The molecule has 3 N–H and O–H groups in total. The number of nitrogens with two attached hydrogens (primary N) is 1. The van der Waals surface area contributed by atoms with Crippen LogP contribution in [0.5, 0.6) is 0 Å². The second-order valence-corrected chi connectivity index (χ2v) is 2.26. The van der Waals surface area contributed by atoms with Crippen LogP contribution in [0.25, 0.3) is 0 Å². The monoisotopic (exact) mass is 169 g/mol. The molecule has 1 heterocycles. The van der Waals surface area contributed by atoms with Gasteiger partial charge < -0.3 is 11.1 Å². The highest BCUT2D eigenvalue weighted by molar-refractivity contribution is 5.77. The van der Waals surface area contributed by atoms with Gasteiger partial charge in [-0.2, -0.15) is 0 Å². The topological polar surface area (TPSA) is 89.3 Å². The first-order valence-corrected chi connectivity index (χ1v) is 3.48. The fraction of sp³-hybridized carbons (Fsp3) is 0.500. The van der Waals surface area contributed by atoms with Gasteiger partial charge in [0.25, 0.3) is 0 Å². The average molecular weight is 169 g/mol. The van der Waals surface area contributed by atoms with Crippen LogP contribution in [-0.2, 0) is 6.54 Å². The van der Waals surface area contributed by atoms with Gasteiger partial charge in [-0.1, -0.05) is 10.3 Å². The van der Waals surface area contributed by atoms with Crippen LogP contribution < -0.4 is 11.1 Å². The van der Waals surface area contributed by atoms with Crippen molar-refractivity contribution in [3.05, 3.63) is 11.4 Å². The zero-order valence-electron chi connectivity index (χ0n) is 7.03. The maximum Gasteiger partial charge on any atom is 0.188 e. The summed E-state index contributed by atoms with van der Waals surface area (Å²) in [5.74, 6) is 0.373. The highest BCUT2D eigenvalue weighted by Crippen LogP contribution is 1.98. The van der Waals surface area contributed by atoms with Crippen molar-refractivity contribution in [3.8, 4) is 0 Å². The minimum absolute atomic E-state index is 0.373. The van der Waals surface area contributed by atoms with E-state index in [9.17, 15) is 0 Å². The SMILES string of the molecule is CN=C(N)NCc1nonc1C. The van der Waals surface area contributed by atoms with Gasteiger partial charge in [-0.05, 0) is 6.92 Å². The van der Waals surface area contributed by atoms with E-state index in [1.165, 1.54) is 0 Å². The summed E-state index contributed by atoms with van der Waals surface area (Å²) >= 11 is 0. The van der Waals surface area contributed by atoms with Crippen molar-refractivity contribution in [1.29, 1.82) is 0 Å². The Hall–Kier alpha value is -1.59. The molecule has 12 heavy (non-hydrogen) atoms. The molecule has 0 radical (unpaired) electrons. The van der Waals surface area contributed by atoms with Crippen LogP contribution in [0.15, 0.2) is 9.62 Å². The highest BCUT2D eigenvalue weighted by atomic mass is 16.6. The predicted molar refractivity (Wildman–Crippen MR) is 43.4 cm³/mol. The maximum atomic E-state index is 5.40. The van der Waals surface area contributed by atoms with Crippen LogP contribution in [0.3, 0.4) is 0 Å². The molecule has 0 bridgehead atoms. The Bertz CT molecular complexity index is 279. The Labute approximate surface area is 69.8 Å². The average Bonchev–Trinajstić information content (AvgIpc) is 2.47. The molecule has 1 aromatic rings. The maximum absolute atomic E-state index is 5.40. The molecule has 6 nitrogen and oxygen atoms in total. The normalized spacial score (nSPS) is 11.7. The van der Waals surface area contributed by atoms with E-state index in [1.54, 1.807) is 7.05 Å². The lowest BCUT2D eigenvalue weighted by atomic mass is 10.3. The number of guanidine groups is 1. The minimum atomic E-state index is 0.373. The van der Waals surface area contributed by atoms with Crippen molar-refractivity contribution in [2.45, 2.75) is 13.5 Å². The van der Waals surface area contributed by atoms with E-state index in [0.29, 0.717) is 12.5 Å². The van der Waals surface area contributed by atoms with Gasteiger partial charge in [0, 0.05) is 7.05 Å². The third-order valence-electron chi connectivity index (χ3n) is 1.42. The second-order valence-electron chi connectivity index (χ2n) is 2.26. The molecule has 66 valence electrons. The highest BCUT2D eigenvalue weighted by Gasteiger charge is 2.03. The van der Waals surface area contributed by atoms with Crippen LogP contribution in [0.1, 0.15) is 11.4 Å². The molecule has 0 saturated carbocycles. The third-order valence-corrected chi connectivity index (χ3v) is 1.42. The fourth-order valence-corrected chi connectivity index (χ4v) is 0.663. The Morgan fingerprint density at radius 1 is 1.67 bits per heavy atom. The number of hydrogen-bond donors (Lipinski definition) is 2. The molecule has 0 saturated heterocycles. The van der Waals surface area contributed by atoms with E-state index in [0.717, 1.165) is 11.4 Å². The van der Waals surface area contributed by atoms with Crippen LogP contribution in [0.4, 0.5) is 0 Å². The van der Waals surface area contributed by atoms with Gasteiger partial charge in [0.15, 0.2) is 5.96 Å². The van der Waals surface area contributed by atoms with Crippen LogP contribution in [0, 0.1) is 6.92 Å². The summed E-state index contributed by atoms with van der Waals surface area (Å²) in [6, 6.07) is 0. The van der Waals surface area contributed by atoms with E-state index in [2.05, 4.69) is 25.3 Å². The molecule has 1 aromatic heterocycles. The van der Waals surface area contributed by atoms with Crippen molar-refractivity contribution in [3.63, 3.8) is 0 Å². The molecule has 0 aliphatic carbocycles. The van der Waals surface area contributed by atoms with E-state index >= 15 is 0 Å². The summed E-state index contributed by atoms with van der Waals surface area (Å²) in [7, 11) is 1.61. The van der Waals surface area contributed by atoms with Crippen LogP contribution in [-0.4, -0.2) is 23.3 Å². The Balaban J connectivity index is 2.49. The van der Waals surface area contributed by atoms with Crippen molar-refractivity contribution < 1.29 is 4.63 Å². The molecule has 0 atom stereocenters. The third kappa shape index (κ3) is 1.94. The molecule has 0 aliphatic heterocycles. The van der Waals surface area contributed by atoms with Gasteiger partial charge >= 0.3 is 0 Å². The summed E-state index contributed by atoms with van der Waals surface area (Å²) in [6.07, 6.45) is 0. The molecule has 0 aromatic carbocycles. The lowest BCUT2D eigenvalue weighted by molar-refractivity contribution is 0.301. The molecule has 0 amide bonds. The van der Waals surface area contributed by atoms with E-state index in [4.69, 9.17) is 5.73 Å². The Morgan fingerprint density at radius 3 is 2.92 bits per heavy atom. The van der Waals surface area contributed by atoms with Gasteiger partial charge in [0.2, 0.25) is 0 Å². The van der Waals surface area contributed by atoms with Crippen molar-refractivity contribution in [2.75, 3.05) is 7.05 Å². The molecular weight excluding hydrogens is 158 g/mol.